The number of methoxy groups -OCH3 is 1. The summed E-state index contributed by atoms with van der Waals surface area (Å²) in [4.78, 5) is 14.4. The quantitative estimate of drug-likeness (QED) is 0.918. The summed E-state index contributed by atoms with van der Waals surface area (Å²) in [7, 11) is 1.67. The topological polar surface area (TPSA) is 65.4 Å². The van der Waals surface area contributed by atoms with Crippen LogP contribution in [0.3, 0.4) is 0 Å². The lowest BCUT2D eigenvalue weighted by Crippen LogP contribution is -2.45. The Bertz CT molecular complexity index is 602. The smallest absolute Gasteiger partial charge is 0.240 e. The van der Waals surface area contributed by atoms with Crippen molar-refractivity contribution in [2.45, 2.75) is 37.3 Å². The molecule has 2 saturated heterocycles. The summed E-state index contributed by atoms with van der Waals surface area (Å²) >= 11 is 0. The molecule has 5 nitrogen and oxygen atoms in total. The fourth-order valence-corrected chi connectivity index (χ4v) is 3.53. The average molecular weight is 336 g/mol. The van der Waals surface area contributed by atoms with E-state index in [1.807, 2.05) is 18.2 Å². The van der Waals surface area contributed by atoms with Crippen molar-refractivity contribution in [3.05, 3.63) is 29.8 Å². The van der Waals surface area contributed by atoms with Crippen LogP contribution in [0.4, 0.5) is 0 Å². The van der Waals surface area contributed by atoms with Gasteiger partial charge in [-0.2, -0.15) is 5.26 Å². The summed E-state index contributed by atoms with van der Waals surface area (Å²) in [6.07, 6.45) is 2.48. The Kier molecular flexibility index (Phi) is 5.86. The van der Waals surface area contributed by atoms with E-state index >= 15 is 0 Å². The Balaban J connectivity index is 0.00000192. The summed E-state index contributed by atoms with van der Waals surface area (Å²) in [5, 5.41) is 12.5. The first-order valence-electron chi connectivity index (χ1n) is 7.81. The second-order valence-electron chi connectivity index (χ2n) is 5.95. The van der Waals surface area contributed by atoms with Gasteiger partial charge in [0.15, 0.2) is 0 Å². The van der Waals surface area contributed by atoms with Gasteiger partial charge in [-0.15, -0.1) is 12.4 Å². The third kappa shape index (κ3) is 3.44. The Labute approximate surface area is 143 Å². The molecule has 2 fully saturated rings. The van der Waals surface area contributed by atoms with E-state index in [1.54, 1.807) is 12.0 Å². The monoisotopic (exact) mass is 335 g/mol. The van der Waals surface area contributed by atoms with Gasteiger partial charge in [0.05, 0.1) is 19.2 Å². The second-order valence-corrected chi connectivity index (χ2v) is 5.95. The van der Waals surface area contributed by atoms with Crippen LogP contribution in [0.2, 0.25) is 0 Å². The number of hydrogen-bond acceptors (Lipinski definition) is 4. The molecule has 0 bridgehead atoms. The molecule has 0 saturated carbocycles. The van der Waals surface area contributed by atoms with Crippen LogP contribution in [-0.4, -0.2) is 43.1 Å². The van der Waals surface area contributed by atoms with E-state index in [9.17, 15) is 4.79 Å². The molecule has 2 aliphatic rings. The molecule has 124 valence electrons. The van der Waals surface area contributed by atoms with Crippen molar-refractivity contribution < 1.29 is 9.53 Å². The number of nitrogens with zero attached hydrogens (tertiary/aromatic N) is 2. The van der Waals surface area contributed by atoms with Gasteiger partial charge in [-0.05, 0) is 30.9 Å². The highest BCUT2D eigenvalue weighted by Gasteiger charge is 2.37. The van der Waals surface area contributed by atoms with Gasteiger partial charge in [-0.1, -0.05) is 18.2 Å². The van der Waals surface area contributed by atoms with E-state index in [-0.39, 0.29) is 36.3 Å². The largest absolute Gasteiger partial charge is 0.496 e. The van der Waals surface area contributed by atoms with E-state index in [1.165, 1.54) is 0 Å². The number of para-hydroxylation sites is 1. The van der Waals surface area contributed by atoms with Crippen LogP contribution in [0.5, 0.6) is 5.75 Å². The number of nitriles is 1. The van der Waals surface area contributed by atoms with Crippen LogP contribution in [0.15, 0.2) is 24.3 Å². The predicted octanol–water partition coefficient (Wildman–Crippen LogP) is 2.08. The molecule has 0 unspecified atom stereocenters. The molecule has 0 aliphatic carbocycles. The average Bonchev–Trinajstić information content (AvgIpc) is 3.23. The highest BCUT2D eigenvalue weighted by molar-refractivity contribution is 5.85. The van der Waals surface area contributed by atoms with E-state index in [4.69, 9.17) is 10.00 Å². The van der Waals surface area contributed by atoms with Gasteiger partial charge in [0.2, 0.25) is 5.91 Å². The minimum atomic E-state index is -0.250. The van der Waals surface area contributed by atoms with Gasteiger partial charge in [0.1, 0.15) is 11.8 Å². The van der Waals surface area contributed by atoms with Crippen LogP contribution in [0.25, 0.3) is 0 Å². The lowest BCUT2D eigenvalue weighted by molar-refractivity contribution is -0.133. The molecule has 23 heavy (non-hydrogen) atoms. The zero-order chi connectivity index (χ0) is 15.5. The lowest BCUT2D eigenvalue weighted by Gasteiger charge is -2.23. The zero-order valence-corrected chi connectivity index (χ0v) is 14.0. The normalized spacial score (nSPS) is 26.4. The fourth-order valence-electron chi connectivity index (χ4n) is 3.53. The van der Waals surface area contributed by atoms with Crippen LogP contribution < -0.4 is 10.1 Å². The van der Waals surface area contributed by atoms with Crippen molar-refractivity contribution in [3.8, 4) is 11.8 Å². The Morgan fingerprint density at radius 1 is 1.43 bits per heavy atom. The maximum Gasteiger partial charge on any atom is 0.240 e. The van der Waals surface area contributed by atoms with Gasteiger partial charge in [0, 0.05) is 19.0 Å². The van der Waals surface area contributed by atoms with Gasteiger partial charge >= 0.3 is 0 Å². The third-order valence-electron chi connectivity index (χ3n) is 4.69. The molecule has 1 amide bonds. The molecule has 1 aromatic carbocycles. The Morgan fingerprint density at radius 3 is 2.96 bits per heavy atom. The summed E-state index contributed by atoms with van der Waals surface area (Å²) in [6, 6.07) is 9.76. The molecule has 0 aromatic heterocycles. The molecular formula is C17H22ClN3O2. The van der Waals surface area contributed by atoms with Crippen LogP contribution in [0, 0.1) is 11.3 Å². The van der Waals surface area contributed by atoms with Crippen molar-refractivity contribution in [1.82, 2.24) is 10.2 Å². The number of amides is 1. The number of carbonyl (C=O) groups is 1. The van der Waals surface area contributed by atoms with Crippen molar-refractivity contribution >= 4 is 18.3 Å². The number of benzene rings is 1. The molecule has 1 N–H and O–H groups in total. The van der Waals surface area contributed by atoms with Crippen LogP contribution in [0.1, 0.15) is 30.7 Å². The van der Waals surface area contributed by atoms with Gasteiger partial charge in [-0.3, -0.25) is 4.79 Å². The maximum absolute atomic E-state index is 12.6. The highest BCUT2D eigenvalue weighted by Crippen LogP contribution is 2.33. The predicted molar refractivity (Wildman–Crippen MR) is 89.7 cm³/mol. The molecule has 1 aromatic rings. The van der Waals surface area contributed by atoms with E-state index in [0.29, 0.717) is 6.54 Å². The molecule has 6 heteroatoms. The summed E-state index contributed by atoms with van der Waals surface area (Å²) in [5.74, 6) is 1.22. The number of carbonyl (C=O) groups excluding carboxylic acids is 1. The lowest BCUT2D eigenvalue weighted by atomic mass is 9.95. The highest BCUT2D eigenvalue weighted by atomic mass is 35.5. The zero-order valence-electron chi connectivity index (χ0n) is 13.2. The molecule has 3 atom stereocenters. The summed E-state index contributed by atoms with van der Waals surface area (Å²) < 4.78 is 5.42. The third-order valence-corrected chi connectivity index (χ3v) is 4.69. The van der Waals surface area contributed by atoms with Crippen LogP contribution in [-0.2, 0) is 4.79 Å². The minimum absolute atomic E-state index is 0. The maximum atomic E-state index is 12.6. The summed E-state index contributed by atoms with van der Waals surface area (Å²) in [6.45, 7) is 1.47. The molecule has 2 heterocycles. The first kappa shape index (κ1) is 17.6. The first-order valence-corrected chi connectivity index (χ1v) is 7.81. The molecule has 0 spiro atoms. The number of likely N-dealkylation sites (tertiary alicyclic amines) is 1. The Morgan fingerprint density at radius 2 is 2.22 bits per heavy atom. The fraction of sp³-hybridized carbons (Fsp3) is 0.529. The van der Waals surface area contributed by atoms with Gasteiger partial charge in [-0.25, -0.2) is 0 Å². The number of ether oxygens (including phenoxy) is 1. The van der Waals surface area contributed by atoms with E-state index in [2.05, 4.69) is 17.5 Å². The SMILES string of the molecule is COc1ccccc1[C@@H]1CN[C@H](C(=O)N2CCC[C@H]2C#N)C1.Cl. The molecule has 3 rings (SSSR count). The van der Waals surface area contributed by atoms with E-state index in [0.717, 1.165) is 37.1 Å². The molecule has 0 radical (unpaired) electrons. The molecule has 2 aliphatic heterocycles. The van der Waals surface area contributed by atoms with Crippen molar-refractivity contribution in [2.75, 3.05) is 20.2 Å². The Hall–Kier alpha value is -1.77. The second kappa shape index (κ2) is 7.67. The number of hydrogen-bond donors (Lipinski definition) is 1. The van der Waals surface area contributed by atoms with Gasteiger partial charge < -0.3 is 15.0 Å². The first-order chi connectivity index (χ1) is 10.7. The standard InChI is InChI=1S/C17H21N3O2.ClH/c1-22-16-7-3-2-6-14(16)12-9-15(19-11-12)17(21)20-8-4-5-13(20)10-18;/h2-3,6-7,12-13,15,19H,4-5,8-9,11H2,1H3;1H/t12-,13-,15-;/m0./s1. The van der Waals surface area contributed by atoms with Gasteiger partial charge in [0.25, 0.3) is 0 Å². The number of rotatable bonds is 3. The number of nitrogens with one attached hydrogen (secondary N) is 1. The molecular weight excluding hydrogens is 314 g/mol. The minimum Gasteiger partial charge on any atom is -0.496 e. The summed E-state index contributed by atoms with van der Waals surface area (Å²) in [5.41, 5.74) is 1.14. The van der Waals surface area contributed by atoms with Crippen molar-refractivity contribution in [1.29, 1.82) is 5.26 Å². The van der Waals surface area contributed by atoms with Crippen molar-refractivity contribution in [3.63, 3.8) is 0 Å². The van der Waals surface area contributed by atoms with Crippen molar-refractivity contribution in [2.24, 2.45) is 0 Å². The van der Waals surface area contributed by atoms with E-state index < -0.39 is 0 Å². The number of halogens is 1. The van der Waals surface area contributed by atoms with Crippen LogP contribution >= 0.6 is 12.4 Å².